The molecule has 2 aromatic rings. The molecule has 7 heteroatoms. The summed E-state index contributed by atoms with van der Waals surface area (Å²) in [6.45, 7) is 0. The number of amides is 1. The molecule has 0 aromatic heterocycles. The number of nitrogens with one attached hydrogen (secondary N) is 1. The number of carboxylic acid groups (broad SMARTS) is 1. The van der Waals surface area contributed by atoms with E-state index in [9.17, 15) is 14.7 Å². The molecular formula is C18H18ClNO5. The van der Waals surface area contributed by atoms with E-state index in [-0.39, 0.29) is 6.42 Å². The molecule has 0 radical (unpaired) electrons. The molecule has 0 fully saturated rings. The highest BCUT2D eigenvalue weighted by Gasteiger charge is 2.24. The zero-order valence-corrected chi connectivity index (χ0v) is 14.5. The third-order valence-electron chi connectivity index (χ3n) is 3.64. The van der Waals surface area contributed by atoms with Gasteiger partial charge in [-0.25, -0.2) is 0 Å². The Labute approximate surface area is 150 Å². The highest BCUT2D eigenvalue weighted by Crippen LogP contribution is 2.36. The van der Waals surface area contributed by atoms with Crippen molar-refractivity contribution in [3.8, 4) is 11.5 Å². The molecule has 0 aliphatic rings. The normalized spacial score (nSPS) is 11.5. The molecule has 0 spiro atoms. The summed E-state index contributed by atoms with van der Waals surface area (Å²) in [6, 6.07) is 11.6. The third-order valence-corrected chi connectivity index (χ3v) is 3.93. The predicted octanol–water partition coefficient (Wildman–Crippen LogP) is 3.55. The van der Waals surface area contributed by atoms with Crippen molar-refractivity contribution in [2.24, 2.45) is 0 Å². The number of carboxylic acids is 1. The molecule has 0 saturated heterocycles. The fourth-order valence-corrected chi connectivity index (χ4v) is 2.61. The molecule has 1 amide bonds. The number of carbonyl (C=O) groups excluding carboxylic acids is 1. The van der Waals surface area contributed by atoms with Crippen LogP contribution in [0, 0.1) is 0 Å². The van der Waals surface area contributed by atoms with Crippen LogP contribution in [0.2, 0.25) is 5.02 Å². The van der Waals surface area contributed by atoms with Crippen LogP contribution in [0.5, 0.6) is 11.5 Å². The Bertz CT molecular complexity index is 764. The van der Waals surface area contributed by atoms with E-state index in [1.165, 1.54) is 26.4 Å². The zero-order valence-electron chi connectivity index (χ0n) is 13.8. The van der Waals surface area contributed by atoms with Gasteiger partial charge in [0.05, 0.1) is 30.8 Å². The van der Waals surface area contributed by atoms with Crippen molar-refractivity contribution in [3.63, 3.8) is 0 Å². The minimum atomic E-state index is -1.07. The molecule has 132 valence electrons. The number of methoxy groups -OCH3 is 2. The fraction of sp³-hybridized carbons (Fsp3) is 0.222. The maximum Gasteiger partial charge on any atom is 0.311 e. The molecule has 0 saturated carbocycles. The number of benzene rings is 2. The standard InChI is InChI=1S/C18H18ClNO5/c1-24-15-10-14(16(25-2)9-13(15)19)20-17(21)8-12(18(22)23)11-6-4-3-5-7-11/h3-7,9-10,12H,8H2,1-2H3,(H,20,21)(H,22,23)/t12-/m0/s1. The van der Waals surface area contributed by atoms with Crippen molar-refractivity contribution in [1.29, 1.82) is 0 Å². The highest BCUT2D eigenvalue weighted by molar-refractivity contribution is 6.32. The summed E-state index contributed by atoms with van der Waals surface area (Å²) in [6.07, 6.45) is -0.215. The lowest BCUT2D eigenvalue weighted by Crippen LogP contribution is -2.21. The number of ether oxygens (including phenoxy) is 2. The average Bonchev–Trinajstić information content (AvgIpc) is 2.61. The van der Waals surface area contributed by atoms with Crippen LogP contribution < -0.4 is 14.8 Å². The van der Waals surface area contributed by atoms with Gasteiger partial charge in [0.2, 0.25) is 5.91 Å². The fourth-order valence-electron chi connectivity index (χ4n) is 2.38. The van der Waals surface area contributed by atoms with Gasteiger partial charge in [-0.05, 0) is 5.56 Å². The van der Waals surface area contributed by atoms with Crippen LogP contribution in [-0.4, -0.2) is 31.2 Å². The lowest BCUT2D eigenvalue weighted by Gasteiger charge is -2.15. The van der Waals surface area contributed by atoms with Gasteiger partial charge in [0.25, 0.3) is 0 Å². The largest absolute Gasteiger partial charge is 0.495 e. The minimum Gasteiger partial charge on any atom is -0.495 e. The topological polar surface area (TPSA) is 84.9 Å². The number of aliphatic carboxylic acids is 1. The van der Waals surface area contributed by atoms with Gasteiger partial charge < -0.3 is 19.9 Å². The molecule has 0 unspecified atom stereocenters. The number of carbonyl (C=O) groups is 2. The van der Waals surface area contributed by atoms with E-state index in [0.29, 0.717) is 27.8 Å². The Balaban J connectivity index is 2.20. The van der Waals surface area contributed by atoms with Crippen LogP contribution in [0.3, 0.4) is 0 Å². The smallest absolute Gasteiger partial charge is 0.311 e. The Morgan fingerprint density at radius 1 is 1.12 bits per heavy atom. The van der Waals surface area contributed by atoms with Crippen LogP contribution in [-0.2, 0) is 9.59 Å². The molecule has 0 heterocycles. The van der Waals surface area contributed by atoms with Crippen molar-refractivity contribution < 1.29 is 24.2 Å². The van der Waals surface area contributed by atoms with Gasteiger partial charge >= 0.3 is 5.97 Å². The molecule has 6 nitrogen and oxygen atoms in total. The number of rotatable bonds is 7. The van der Waals surface area contributed by atoms with Crippen molar-refractivity contribution in [2.75, 3.05) is 19.5 Å². The van der Waals surface area contributed by atoms with Crippen molar-refractivity contribution >= 4 is 29.2 Å². The molecule has 1 atom stereocenters. The van der Waals surface area contributed by atoms with Crippen LogP contribution in [0.25, 0.3) is 0 Å². The first-order chi connectivity index (χ1) is 12.0. The molecule has 2 N–H and O–H groups in total. The zero-order chi connectivity index (χ0) is 18.4. The Morgan fingerprint density at radius 3 is 2.32 bits per heavy atom. The molecule has 0 aliphatic heterocycles. The summed E-state index contributed by atoms with van der Waals surface area (Å²) in [5.41, 5.74) is 0.914. The van der Waals surface area contributed by atoms with Crippen molar-refractivity contribution in [2.45, 2.75) is 12.3 Å². The Hall–Kier alpha value is -2.73. The number of anilines is 1. The van der Waals surface area contributed by atoms with Gasteiger partial charge in [0, 0.05) is 18.6 Å². The first-order valence-electron chi connectivity index (χ1n) is 7.45. The summed E-state index contributed by atoms with van der Waals surface area (Å²) < 4.78 is 10.3. The minimum absolute atomic E-state index is 0.215. The van der Waals surface area contributed by atoms with E-state index in [1.54, 1.807) is 30.3 Å². The summed E-state index contributed by atoms with van der Waals surface area (Å²) in [4.78, 5) is 23.9. The van der Waals surface area contributed by atoms with Crippen LogP contribution in [0.4, 0.5) is 5.69 Å². The van der Waals surface area contributed by atoms with Gasteiger partial charge in [-0.2, -0.15) is 0 Å². The molecule has 2 rings (SSSR count). The molecule has 0 bridgehead atoms. The molecule has 25 heavy (non-hydrogen) atoms. The van der Waals surface area contributed by atoms with E-state index in [0.717, 1.165) is 0 Å². The van der Waals surface area contributed by atoms with Crippen LogP contribution in [0.15, 0.2) is 42.5 Å². The van der Waals surface area contributed by atoms with Gasteiger partial charge in [-0.3, -0.25) is 9.59 Å². The van der Waals surface area contributed by atoms with Crippen LogP contribution >= 0.6 is 11.6 Å². The molecular weight excluding hydrogens is 346 g/mol. The average molecular weight is 364 g/mol. The van der Waals surface area contributed by atoms with Crippen molar-refractivity contribution in [3.05, 3.63) is 53.1 Å². The second-order valence-electron chi connectivity index (χ2n) is 5.24. The number of hydrogen-bond acceptors (Lipinski definition) is 4. The van der Waals surface area contributed by atoms with E-state index in [2.05, 4.69) is 5.32 Å². The maximum absolute atomic E-state index is 12.3. The lowest BCUT2D eigenvalue weighted by atomic mass is 9.95. The van der Waals surface area contributed by atoms with Gasteiger partial charge in [-0.1, -0.05) is 41.9 Å². The molecule has 0 aliphatic carbocycles. The highest BCUT2D eigenvalue weighted by atomic mass is 35.5. The second-order valence-corrected chi connectivity index (χ2v) is 5.65. The van der Waals surface area contributed by atoms with Gasteiger partial charge in [0.15, 0.2) is 0 Å². The summed E-state index contributed by atoms with van der Waals surface area (Å²) >= 11 is 6.03. The van der Waals surface area contributed by atoms with E-state index in [1.807, 2.05) is 0 Å². The SMILES string of the molecule is COc1cc(NC(=O)C[C@H](C(=O)O)c2ccccc2)c(OC)cc1Cl. The molecule has 2 aromatic carbocycles. The Kier molecular flexibility index (Phi) is 6.25. The van der Waals surface area contributed by atoms with Gasteiger partial charge in [0.1, 0.15) is 11.5 Å². The first-order valence-corrected chi connectivity index (χ1v) is 7.83. The summed E-state index contributed by atoms with van der Waals surface area (Å²) in [5, 5.41) is 12.4. The van der Waals surface area contributed by atoms with E-state index >= 15 is 0 Å². The predicted molar refractivity (Wildman–Crippen MR) is 94.6 cm³/mol. The Morgan fingerprint density at radius 2 is 1.76 bits per heavy atom. The monoisotopic (exact) mass is 363 g/mol. The first kappa shape index (κ1) is 18.6. The van der Waals surface area contributed by atoms with Gasteiger partial charge in [-0.15, -0.1) is 0 Å². The number of halogens is 1. The quantitative estimate of drug-likeness (QED) is 0.785. The maximum atomic E-state index is 12.3. The second kappa shape index (κ2) is 8.39. The van der Waals surface area contributed by atoms with Crippen molar-refractivity contribution in [1.82, 2.24) is 0 Å². The van der Waals surface area contributed by atoms with E-state index < -0.39 is 17.8 Å². The number of hydrogen-bond donors (Lipinski definition) is 2. The van der Waals surface area contributed by atoms with E-state index in [4.69, 9.17) is 21.1 Å². The van der Waals surface area contributed by atoms with Crippen LogP contribution in [0.1, 0.15) is 17.9 Å². The summed E-state index contributed by atoms with van der Waals surface area (Å²) in [5.74, 6) is -1.75. The summed E-state index contributed by atoms with van der Waals surface area (Å²) in [7, 11) is 2.90. The third kappa shape index (κ3) is 4.64. The lowest BCUT2D eigenvalue weighted by molar-refractivity contribution is -0.140.